The molecule has 4 rings (SSSR count). The van der Waals surface area contributed by atoms with Gasteiger partial charge in [-0.25, -0.2) is 9.69 Å². The maximum atomic E-state index is 14.4. The number of nitro benzene ring substituents is 1. The minimum absolute atomic E-state index is 0.0172. The van der Waals surface area contributed by atoms with Crippen LogP contribution in [0.3, 0.4) is 0 Å². The molecule has 2 aliphatic heterocycles. The SMILES string of the molecule is CCCCN1c2ccc([N+](=O)[O-])cc2C[C@@]2(C(=O)NC(=O)N(c3ccc(C)cc3C)C2=O)[C@@H]1CCC. The van der Waals surface area contributed by atoms with Crippen LogP contribution in [0.2, 0.25) is 0 Å². The molecule has 0 unspecified atom stereocenters. The minimum Gasteiger partial charge on any atom is -0.367 e. The third kappa shape index (κ3) is 4.02. The number of nitrogens with zero attached hydrogens (tertiary/aromatic N) is 3. The van der Waals surface area contributed by atoms with Gasteiger partial charge in [0.2, 0.25) is 5.91 Å². The Hall–Kier alpha value is -3.75. The van der Waals surface area contributed by atoms with Crippen molar-refractivity contribution in [3.8, 4) is 0 Å². The number of aryl methyl sites for hydroxylation is 2. The van der Waals surface area contributed by atoms with E-state index in [1.54, 1.807) is 12.1 Å². The van der Waals surface area contributed by atoms with Crippen LogP contribution in [0.1, 0.15) is 56.2 Å². The molecule has 36 heavy (non-hydrogen) atoms. The normalized spacial score (nSPS) is 21.6. The summed E-state index contributed by atoms with van der Waals surface area (Å²) in [5.41, 5.74) is 1.82. The molecule has 0 bridgehead atoms. The zero-order chi connectivity index (χ0) is 26.2. The molecule has 1 spiro atoms. The number of anilines is 2. The Morgan fingerprint density at radius 2 is 1.78 bits per heavy atom. The highest BCUT2D eigenvalue weighted by atomic mass is 16.6. The van der Waals surface area contributed by atoms with Gasteiger partial charge in [-0.2, -0.15) is 0 Å². The summed E-state index contributed by atoms with van der Waals surface area (Å²) in [5.74, 6) is -1.23. The number of carbonyl (C=O) groups is 3. The van der Waals surface area contributed by atoms with E-state index in [1.807, 2.05) is 32.9 Å². The molecule has 9 nitrogen and oxygen atoms in total. The van der Waals surface area contributed by atoms with Crippen molar-refractivity contribution in [1.82, 2.24) is 5.32 Å². The van der Waals surface area contributed by atoms with Crippen molar-refractivity contribution in [1.29, 1.82) is 0 Å². The molecule has 2 heterocycles. The van der Waals surface area contributed by atoms with Crippen molar-refractivity contribution in [2.45, 2.75) is 65.8 Å². The zero-order valence-corrected chi connectivity index (χ0v) is 21.2. The maximum Gasteiger partial charge on any atom is 0.335 e. The summed E-state index contributed by atoms with van der Waals surface area (Å²) in [6, 6.07) is 8.79. The number of amides is 4. The van der Waals surface area contributed by atoms with Gasteiger partial charge in [0, 0.05) is 30.8 Å². The number of urea groups is 1. The average molecular weight is 493 g/mol. The average Bonchev–Trinajstić information content (AvgIpc) is 2.83. The van der Waals surface area contributed by atoms with Crippen molar-refractivity contribution in [3.05, 3.63) is 63.2 Å². The Kier molecular flexibility index (Phi) is 6.84. The first-order chi connectivity index (χ1) is 17.1. The Morgan fingerprint density at radius 3 is 2.42 bits per heavy atom. The van der Waals surface area contributed by atoms with Gasteiger partial charge in [-0.05, 0) is 49.9 Å². The van der Waals surface area contributed by atoms with E-state index in [1.165, 1.54) is 12.1 Å². The summed E-state index contributed by atoms with van der Waals surface area (Å²) in [6.07, 6.45) is 2.97. The first kappa shape index (κ1) is 25.3. The molecule has 1 fully saturated rings. The largest absolute Gasteiger partial charge is 0.367 e. The molecule has 2 atom stereocenters. The monoisotopic (exact) mass is 492 g/mol. The lowest BCUT2D eigenvalue weighted by Gasteiger charge is -2.52. The van der Waals surface area contributed by atoms with E-state index in [2.05, 4.69) is 17.1 Å². The van der Waals surface area contributed by atoms with E-state index in [9.17, 15) is 24.5 Å². The number of barbiturate groups is 1. The lowest BCUT2D eigenvalue weighted by molar-refractivity contribution is -0.384. The molecule has 0 saturated carbocycles. The Labute approximate surface area is 210 Å². The second-order valence-electron chi connectivity index (χ2n) is 9.76. The first-order valence-electron chi connectivity index (χ1n) is 12.5. The fourth-order valence-corrected chi connectivity index (χ4v) is 5.62. The molecule has 2 aromatic carbocycles. The zero-order valence-electron chi connectivity index (χ0n) is 21.2. The molecule has 4 amide bonds. The van der Waals surface area contributed by atoms with E-state index in [-0.39, 0.29) is 12.1 Å². The van der Waals surface area contributed by atoms with E-state index in [0.29, 0.717) is 24.2 Å². The number of carbonyl (C=O) groups excluding carboxylic acids is 3. The summed E-state index contributed by atoms with van der Waals surface area (Å²) in [4.78, 5) is 55.3. The third-order valence-electron chi connectivity index (χ3n) is 7.32. The number of benzene rings is 2. The van der Waals surface area contributed by atoms with E-state index < -0.39 is 34.2 Å². The highest BCUT2D eigenvalue weighted by Gasteiger charge is 2.62. The molecule has 1 saturated heterocycles. The summed E-state index contributed by atoms with van der Waals surface area (Å²) >= 11 is 0. The predicted molar refractivity (Wildman–Crippen MR) is 137 cm³/mol. The van der Waals surface area contributed by atoms with E-state index >= 15 is 0 Å². The lowest BCUT2D eigenvalue weighted by atomic mass is 9.67. The van der Waals surface area contributed by atoms with Crippen LogP contribution in [0, 0.1) is 29.4 Å². The summed E-state index contributed by atoms with van der Waals surface area (Å²) in [6.45, 7) is 8.39. The number of hydrogen-bond donors (Lipinski definition) is 1. The van der Waals surface area contributed by atoms with Crippen LogP contribution in [0.5, 0.6) is 0 Å². The molecule has 190 valence electrons. The molecule has 0 radical (unpaired) electrons. The van der Waals surface area contributed by atoms with E-state index in [0.717, 1.165) is 41.0 Å². The number of nitrogens with one attached hydrogen (secondary N) is 1. The van der Waals surface area contributed by atoms with Gasteiger partial charge in [0.25, 0.3) is 11.6 Å². The van der Waals surface area contributed by atoms with Crippen molar-refractivity contribution < 1.29 is 19.3 Å². The number of unbranched alkanes of at least 4 members (excludes halogenated alkanes) is 1. The fourth-order valence-electron chi connectivity index (χ4n) is 5.62. The van der Waals surface area contributed by atoms with Gasteiger partial charge in [0.05, 0.1) is 16.7 Å². The number of nitro groups is 1. The van der Waals surface area contributed by atoms with Gasteiger partial charge < -0.3 is 4.90 Å². The quantitative estimate of drug-likeness (QED) is 0.337. The predicted octanol–water partition coefficient (Wildman–Crippen LogP) is 4.81. The fraction of sp³-hybridized carbons (Fsp3) is 0.444. The number of hydrogen-bond acceptors (Lipinski definition) is 6. The number of rotatable bonds is 7. The van der Waals surface area contributed by atoms with Crippen LogP contribution in [0.25, 0.3) is 0 Å². The lowest BCUT2D eigenvalue weighted by Crippen LogP contribution is -2.72. The molecule has 1 N–H and O–H groups in total. The summed E-state index contributed by atoms with van der Waals surface area (Å²) < 4.78 is 0. The maximum absolute atomic E-state index is 14.4. The standard InChI is InChI=1S/C27H32N4O5/c1-5-7-13-29-22-12-10-20(31(35)36)15-19(22)16-27(23(29)8-6-2)24(32)28-26(34)30(25(27)33)21-11-9-17(3)14-18(21)4/h9-12,14-15,23H,5-8,13,16H2,1-4H3,(H,28,32,34)/t23-,27-/m0/s1. The van der Waals surface area contributed by atoms with Crippen molar-refractivity contribution in [2.75, 3.05) is 16.3 Å². The van der Waals surface area contributed by atoms with Crippen LogP contribution in [0.4, 0.5) is 21.9 Å². The molecule has 2 aliphatic rings. The Balaban J connectivity index is 1.93. The van der Waals surface area contributed by atoms with Crippen molar-refractivity contribution >= 4 is 34.9 Å². The van der Waals surface area contributed by atoms with Crippen LogP contribution in [-0.2, 0) is 16.0 Å². The summed E-state index contributed by atoms with van der Waals surface area (Å²) in [5, 5.41) is 14.0. The van der Waals surface area contributed by atoms with Crippen LogP contribution in [0.15, 0.2) is 36.4 Å². The molecular weight excluding hydrogens is 460 g/mol. The van der Waals surface area contributed by atoms with Gasteiger partial charge in [-0.1, -0.05) is 44.4 Å². The van der Waals surface area contributed by atoms with E-state index in [4.69, 9.17) is 0 Å². The second kappa shape index (κ2) is 9.72. The molecule has 9 heteroatoms. The molecular formula is C27H32N4O5. The first-order valence-corrected chi connectivity index (χ1v) is 12.5. The number of fused-ring (bicyclic) bond motifs is 1. The summed E-state index contributed by atoms with van der Waals surface area (Å²) in [7, 11) is 0. The van der Waals surface area contributed by atoms with Gasteiger partial charge in [-0.3, -0.25) is 25.0 Å². The number of imide groups is 2. The van der Waals surface area contributed by atoms with Gasteiger partial charge in [0.15, 0.2) is 5.41 Å². The molecule has 0 aliphatic carbocycles. The smallest absolute Gasteiger partial charge is 0.335 e. The van der Waals surface area contributed by atoms with Crippen LogP contribution in [-0.4, -0.2) is 35.4 Å². The minimum atomic E-state index is -1.60. The van der Waals surface area contributed by atoms with Gasteiger partial charge in [-0.15, -0.1) is 0 Å². The third-order valence-corrected chi connectivity index (χ3v) is 7.32. The molecule has 0 aromatic heterocycles. The van der Waals surface area contributed by atoms with Crippen LogP contribution < -0.4 is 15.1 Å². The second-order valence-corrected chi connectivity index (χ2v) is 9.76. The van der Waals surface area contributed by atoms with Crippen LogP contribution >= 0.6 is 0 Å². The highest BCUT2D eigenvalue weighted by Crippen LogP contribution is 2.47. The Morgan fingerprint density at radius 1 is 1.06 bits per heavy atom. The number of non-ortho nitro benzene ring substituents is 1. The van der Waals surface area contributed by atoms with Crippen molar-refractivity contribution in [2.24, 2.45) is 5.41 Å². The Bertz CT molecular complexity index is 1240. The topological polar surface area (TPSA) is 113 Å². The van der Waals surface area contributed by atoms with Crippen molar-refractivity contribution in [3.63, 3.8) is 0 Å². The molecule has 2 aromatic rings. The van der Waals surface area contributed by atoms with Gasteiger partial charge in [0.1, 0.15) is 0 Å². The highest BCUT2D eigenvalue weighted by molar-refractivity contribution is 6.31. The van der Waals surface area contributed by atoms with Gasteiger partial charge >= 0.3 is 6.03 Å².